The van der Waals surface area contributed by atoms with Gasteiger partial charge in [-0.1, -0.05) is 6.58 Å². The molecule has 0 spiro atoms. The Hall–Kier alpha value is -2.99. The number of hydrogen-bond donors (Lipinski definition) is 2. The van der Waals surface area contributed by atoms with Crippen molar-refractivity contribution in [3.8, 4) is 11.1 Å². The normalized spacial score (nSPS) is 10.8. The summed E-state index contributed by atoms with van der Waals surface area (Å²) < 4.78 is 0. The maximum absolute atomic E-state index is 4.35. The summed E-state index contributed by atoms with van der Waals surface area (Å²) in [6.45, 7) is 4.94. The first-order valence-electron chi connectivity index (χ1n) is 7.62. The molecule has 0 radical (unpaired) electrons. The van der Waals surface area contributed by atoms with Gasteiger partial charge in [-0.15, -0.1) is 0 Å². The molecule has 0 bridgehead atoms. The van der Waals surface area contributed by atoms with Gasteiger partial charge in [0.1, 0.15) is 5.69 Å². The Kier molecular flexibility index (Phi) is 4.67. The summed E-state index contributed by atoms with van der Waals surface area (Å²) in [7, 11) is 4.07. The highest BCUT2D eigenvalue weighted by atomic mass is 15.1. The molecule has 0 aliphatic carbocycles. The number of hydrogen-bond acceptors (Lipinski definition) is 5. The molecule has 3 aromatic heterocycles. The topological polar surface area (TPSA) is 69.7 Å². The predicted octanol–water partition coefficient (Wildman–Crippen LogP) is 3.01. The first-order valence-corrected chi connectivity index (χ1v) is 7.62. The van der Waals surface area contributed by atoms with Crippen LogP contribution in [0, 0.1) is 0 Å². The van der Waals surface area contributed by atoms with E-state index in [-0.39, 0.29) is 0 Å². The van der Waals surface area contributed by atoms with Gasteiger partial charge in [-0.25, -0.2) is 0 Å². The molecule has 0 fully saturated rings. The van der Waals surface area contributed by atoms with E-state index in [0.29, 0.717) is 5.70 Å². The van der Waals surface area contributed by atoms with E-state index in [1.165, 1.54) is 0 Å². The largest absolute Gasteiger partial charge is 0.353 e. The average Bonchev–Trinajstić information content (AvgIpc) is 3.05. The monoisotopic (exact) mass is 320 g/mol. The van der Waals surface area contributed by atoms with Crippen molar-refractivity contribution in [1.29, 1.82) is 0 Å². The quantitative estimate of drug-likeness (QED) is 0.730. The van der Waals surface area contributed by atoms with Gasteiger partial charge < -0.3 is 10.2 Å². The molecule has 3 heterocycles. The van der Waals surface area contributed by atoms with Gasteiger partial charge in [-0.05, 0) is 37.9 Å². The minimum atomic E-state index is 0.706. The summed E-state index contributed by atoms with van der Waals surface area (Å²) in [6.07, 6.45) is 9.06. The van der Waals surface area contributed by atoms with E-state index >= 15 is 0 Å². The van der Waals surface area contributed by atoms with Gasteiger partial charge in [0.15, 0.2) is 0 Å². The number of H-pyrrole nitrogens is 1. The van der Waals surface area contributed by atoms with E-state index < -0.39 is 0 Å². The van der Waals surface area contributed by atoms with Crippen molar-refractivity contribution in [3.05, 3.63) is 67.0 Å². The third kappa shape index (κ3) is 3.67. The number of nitrogens with zero attached hydrogens (tertiary/aromatic N) is 4. The molecule has 122 valence electrons. The fourth-order valence-corrected chi connectivity index (χ4v) is 2.50. The maximum atomic E-state index is 4.35. The highest BCUT2D eigenvalue weighted by molar-refractivity contribution is 5.82. The van der Waals surface area contributed by atoms with Crippen LogP contribution in [0.2, 0.25) is 0 Å². The van der Waals surface area contributed by atoms with Gasteiger partial charge in [-0.2, -0.15) is 5.10 Å². The Morgan fingerprint density at radius 2 is 2.12 bits per heavy atom. The molecule has 0 amide bonds. The second-order valence-corrected chi connectivity index (χ2v) is 5.81. The standard InChI is InChI=1S/C18H20N6/c1-13(22-16-5-4-6-19-10-16)18-17(11-21-23-18)15-7-14(8-20-9-15)12-24(2)3/h4-11,22H,1,12H2,2-3H3,(H,21,23). The molecule has 3 rings (SSSR count). The van der Waals surface area contributed by atoms with E-state index in [0.717, 1.165) is 34.6 Å². The number of aromatic amines is 1. The van der Waals surface area contributed by atoms with Crippen LogP contribution in [0.1, 0.15) is 11.3 Å². The van der Waals surface area contributed by atoms with Gasteiger partial charge in [0, 0.05) is 42.5 Å². The number of anilines is 1. The third-order valence-electron chi connectivity index (χ3n) is 3.49. The highest BCUT2D eigenvalue weighted by Crippen LogP contribution is 2.27. The smallest absolute Gasteiger partial charge is 0.116 e. The maximum Gasteiger partial charge on any atom is 0.116 e. The van der Waals surface area contributed by atoms with Crippen LogP contribution in [-0.2, 0) is 6.54 Å². The number of pyridine rings is 2. The van der Waals surface area contributed by atoms with E-state index in [2.05, 4.69) is 43.0 Å². The molecule has 0 aliphatic rings. The second kappa shape index (κ2) is 7.06. The first kappa shape index (κ1) is 15.9. The van der Waals surface area contributed by atoms with Gasteiger partial charge in [-0.3, -0.25) is 15.1 Å². The molecule has 24 heavy (non-hydrogen) atoms. The third-order valence-corrected chi connectivity index (χ3v) is 3.49. The summed E-state index contributed by atoms with van der Waals surface area (Å²) >= 11 is 0. The highest BCUT2D eigenvalue weighted by Gasteiger charge is 2.13. The van der Waals surface area contributed by atoms with Crippen LogP contribution in [0.25, 0.3) is 16.8 Å². The van der Waals surface area contributed by atoms with E-state index in [4.69, 9.17) is 0 Å². The van der Waals surface area contributed by atoms with Gasteiger partial charge >= 0.3 is 0 Å². The molecular formula is C18H20N6. The minimum absolute atomic E-state index is 0.706. The number of aromatic nitrogens is 4. The summed E-state index contributed by atoms with van der Waals surface area (Å²) in [5.41, 5.74) is 5.46. The second-order valence-electron chi connectivity index (χ2n) is 5.81. The molecular weight excluding hydrogens is 300 g/mol. The van der Waals surface area contributed by atoms with Crippen LogP contribution in [0.4, 0.5) is 5.69 Å². The van der Waals surface area contributed by atoms with Crippen molar-refractivity contribution in [1.82, 2.24) is 25.1 Å². The van der Waals surface area contributed by atoms with E-state index in [1.807, 2.05) is 44.8 Å². The van der Waals surface area contributed by atoms with Gasteiger partial charge in [0.25, 0.3) is 0 Å². The Morgan fingerprint density at radius 3 is 2.88 bits per heavy atom. The number of rotatable bonds is 6. The molecule has 6 nitrogen and oxygen atoms in total. The minimum Gasteiger partial charge on any atom is -0.353 e. The zero-order chi connectivity index (χ0) is 16.9. The molecule has 0 saturated heterocycles. The van der Waals surface area contributed by atoms with Crippen molar-refractivity contribution in [3.63, 3.8) is 0 Å². The van der Waals surface area contributed by atoms with Crippen molar-refractivity contribution in [2.24, 2.45) is 0 Å². The Labute approximate surface area is 141 Å². The lowest BCUT2D eigenvalue weighted by Crippen LogP contribution is -2.10. The lowest BCUT2D eigenvalue weighted by Gasteiger charge is -2.11. The van der Waals surface area contributed by atoms with Crippen LogP contribution < -0.4 is 5.32 Å². The molecule has 3 aromatic rings. The molecule has 0 atom stereocenters. The van der Waals surface area contributed by atoms with Crippen molar-refractivity contribution < 1.29 is 0 Å². The Balaban J connectivity index is 1.86. The van der Waals surface area contributed by atoms with E-state index in [9.17, 15) is 0 Å². The van der Waals surface area contributed by atoms with Crippen LogP contribution in [0.15, 0.2) is 55.8 Å². The van der Waals surface area contributed by atoms with E-state index in [1.54, 1.807) is 12.4 Å². The van der Waals surface area contributed by atoms with Crippen LogP contribution in [0.5, 0.6) is 0 Å². The van der Waals surface area contributed by atoms with Crippen molar-refractivity contribution >= 4 is 11.4 Å². The molecule has 0 aliphatic heterocycles. The molecule has 6 heteroatoms. The lowest BCUT2D eigenvalue weighted by atomic mass is 10.1. The summed E-state index contributed by atoms with van der Waals surface area (Å²) in [5.74, 6) is 0. The summed E-state index contributed by atoms with van der Waals surface area (Å²) in [5, 5.41) is 10.5. The van der Waals surface area contributed by atoms with Gasteiger partial charge in [0.05, 0.1) is 17.6 Å². The van der Waals surface area contributed by atoms with Crippen molar-refractivity contribution in [2.75, 3.05) is 19.4 Å². The fourth-order valence-electron chi connectivity index (χ4n) is 2.50. The summed E-state index contributed by atoms with van der Waals surface area (Å²) in [6, 6.07) is 5.93. The van der Waals surface area contributed by atoms with Crippen LogP contribution >= 0.6 is 0 Å². The molecule has 0 aromatic carbocycles. The molecule has 0 unspecified atom stereocenters. The SMILES string of the molecule is C=C(Nc1cccnc1)c1n[nH]cc1-c1cncc(CN(C)C)c1. The zero-order valence-corrected chi connectivity index (χ0v) is 13.8. The van der Waals surface area contributed by atoms with Crippen LogP contribution in [0.3, 0.4) is 0 Å². The van der Waals surface area contributed by atoms with Gasteiger partial charge in [0.2, 0.25) is 0 Å². The van der Waals surface area contributed by atoms with Crippen molar-refractivity contribution in [2.45, 2.75) is 6.54 Å². The Morgan fingerprint density at radius 1 is 1.25 bits per heavy atom. The fraction of sp³-hybridized carbons (Fsp3) is 0.167. The lowest BCUT2D eigenvalue weighted by molar-refractivity contribution is 0.402. The average molecular weight is 320 g/mol. The Bertz CT molecular complexity index is 822. The van der Waals surface area contributed by atoms with Crippen LogP contribution in [-0.4, -0.2) is 39.2 Å². The molecule has 2 N–H and O–H groups in total. The summed E-state index contributed by atoms with van der Waals surface area (Å²) in [4.78, 5) is 10.6. The first-order chi connectivity index (χ1) is 11.6. The zero-order valence-electron chi connectivity index (χ0n) is 13.8. The molecule has 0 saturated carbocycles. The predicted molar refractivity (Wildman–Crippen MR) is 96.1 cm³/mol. The number of nitrogens with one attached hydrogen (secondary N) is 2.